The molecule has 0 radical (unpaired) electrons. The van der Waals surface area contributed by atoms with Crippen LogP contribution in [-0.2, 0) is 10.8 Å². The molecule has 0 aliphatic heterocycles. The minimum atomic E-state index is 0.0531. The molecule has 4 rings (SSSR count). The Hall–Kier alpha value is -2.60. The van der Waals surface area contributed by atoms with Gasteiger partial charge in [0.05, 0.1) is 0 Å². The number of aryl methyl sites for hydroxylation is 1. The second-order valence-electron chi connectivity index (χ2n) is 10.4. The second-order valence-corrected chi connectivity index (χ2v) is 10.4. The van der Waals surface area contributed by atoms with E-state index in [9.17, 15) is 0 Å². The highest BCUT2D eigenvalue weighted by atomic mass is 14.3. The first-order chi connectivity index (χ1) is 13.6. The van der Waals surface area contributed by atoms with Crippen LogP contribution in [0.1, 0.15) is 58.2 Å². The zero-order valence-corrected chi connectivity index (χ0v) is 18.9. The summed E-state index contributed by atoms with van der Waals surface area (Å²) < 4.78 is 0. The van der Waals surface area contributed by atoms with Gasteiger partial charge in [-0.2, -0.15) is 0 Å². The summed E-state index contributed by atoms with van der Waals surface area (Å²) in [5.74, 6) is 0. The van der Waals surface area contributed by atoms with Crippen molar-refractivity contribution in [1.29, 1.82) is 0 Å². The number of benzene rings is 4. The molecule has 0 saturated heterocycles. The van der Waals surface area contributed by atoms with Crippen LogP contribution in [0.3, 0.4) is 0 Å². The van der Waals surface area contributed by atoms with E-state index in [0.717, 1.165) is 0 Å². The highest BCUT2D eigenvalue weighted by Gasteiger charge is 2.27. The summed E-state index contributed by atoms with van der Waals surface area (Å²) in [6.45, 7) is 16.2. The van der Waals surface area contributed by atoms with E-state index in [4.69, 9.17) is 0 Å². The largest absolute Gasteiger partial charge is 0.0622 e. The normalized spacial score (nSPS) is 12.7. The summed E-state index contributed by atoms with van der Waals surface area (Å²) in [5.41, 5.74) is 6.91. The molecule has 0 aromatic heterocycles. The van der Waals surface area contributed by atoms with Crippen LogP contribution < -0.4 is 0 Å². The van der Waals surface area contributed by atoms with Crippen LogP contribution in [0.25, 0.3) is 32.7 Å². The van der Waals surface area contributed by atoms with Crippen LogP contribution in [-0.4, -0.2) is 0 Å². The smallest absolute Gasteiger partial charge is 0.0120 e. The molecule has 29 heavy (non-hydrogen) atoms. The quantitative estimate of drug-likeness (QED) is 0.290. The maximum atomic E-state index is 2.42. The fraction of sp³-hybridized carbons (Fsp3) is 0.310. The average molecular weight is 381 g/mol. The lowest BCUT2D eigenvalue weighted by Crippen LogP contribution is -2.17. The van der Waals surface area contributed by atoms with Gasteiger partial charge in [0.1, 0.15) is 0 Å². The van der Waals surface area contributed by atoms with Crippen molar-refractivity contribution >= 4 is 21.5 Å². The molecular formula is C29H32. The predicted molar refractivity (Wildman–Crippen MR) is 129 cm³/mol. The molecule has 0 amide bonds. The molecule has 0 bridgehead atoms. The summed E-state index contributed by atoms with van der Waals surface area (Å²) in [6.07, 6.45) is 0. The average Bonchev–Trinajstić information content (AvgIpc) is 2.64. The van der Waals surface area contributed by atoms with Gasteiger partial charge in [0.25, 0.3) is 0 Å². The molecule has 0 aliphatic carbocycles. The minimum absolute atomic E-state index is 0.0531. The number of fused-ring (bicyclic) bond motifs is 2. The van der Waals surface area contributed by atoms with Gasteiger partial charge in [0, 0.05) is 0 Å². The van der Waals surface area contributed by atoms with Gasteiger partial charge in [-0.15, -0.1) is 0 Å². The maximum absolute atomic E-state index is 2.42. The van der Waals surface area contributed by atoms with E-state index in [1.807, 2.05) is 0 Å². The van der Waals surface area contributed by atoms with Crippen LogP contribution in [0.5, 0.6) is 0 Å². The first-order valence-corrected chi connectivity index (χ1v) is 10.6. The molecule has 0 unspecified atom stereocenters. The van der Waals surface area contributed by atoms with E-state index < -0.39 is 0 Å². The van der Waals surface area contributed by atoms with E-state index in [1.54, 1.807) is 0 Å². The summed E-state index contributed by atoms with van der Waals surface area (Å²) in [4.78, 5) is 0. The first-order valence-electron chi connectivity index (χ1n) is 10.6. The Morgan fingerprint density at radius 2 is 1.00 bits per heavy atom. The third-order valence-electron chi connectivity index (χ3n) is 5.88. The van der Waals surface area contributed by atoms with Crippen molar-refractivity contribution in [2.24, 2.45) is 0 Å². The lowest BCUT2D eigenvalue weighted by molar-refractivity contribution is 0.593. The highest BCUT2D eigenvalue weighted by molar-refractivity contribution is 6.08. The minimum Gasteiger partial charge on any atom is -0.0622 e. The SMILES string of the molecule is Cc1ccc2c(C(C)(C)C)c3cc(-c4ccccc4)ccc3c(C(C)(C)C)c2c1. The van der Waals surface area contributed by atoms with Crippen molar-refractivity contribution in [3.8, 4) is 11.1 Å². The summed E-state index contributed by atoms with van der Waals surface area (Å²) in [6, 6.07) is 24.8. The van der Waals surface area contributed by atoms with E-state index >= 15 is 0 Å². The summed E-state index contributed by atoms with van der Waals surface area (Å²) >= 11 is 0. The van der Waals surface area contributed by atoms with Crippen molar-refractivity contribution in [3.63, 3.8) is 0 Å². The van der Waals surface area contributed by atoms with Gasteiger partial charge in [0.15, 0.2) is 0 Å². The lowest BCUT2D eigenvalue weighted by atomic mass is 9.73. The van der Waals surface area contributed by atoms with Gasteiger partial charge >= 0.3 is 0 Å². The molecule has 0 atom stereocenters. The van der Waals surface area contributed by atoms with Crippen molar-refractivity contribution in [2.75, 3.05) is 0 Å². The van der Waals surface area contributed by atoms with E-state index in [2.05, 4.69) is 115 Å². The van der Waals surface area contributed by atoms with Gasteiger partial charge in [-0.1, -0.05) is 108 Å². The molecule has 0 heteroatoms. The fourth-order valence-electron chi connectivity index (χ4n) is 4.77. The van der Waals surface area contributed by atoms with Crippen molar-refractivity contribution in [1.82, 2.24) is 0 Å². The van der Waals surface area contributed by atoms with E-state index in [-0.39, 0.29) is 10.8 Å². The molecule has 0 spiro atoms. The molecule has 4 aromatic rings. The van der Waals surface area contributed by atoms with Crippen molar-refractivity contribution < 1.29 is 0 Å². The van der Waals surface area contributed by atoms with Crippen LogP contribution >= 0.6 is 0 Å². The molecule has 0 fully saturated rings. The highest BCUT2D eigenvalue weighted by Crippen LogP contribution is 2.44. The van der Waals surface area contributed by atoms with Gasteiger partial charge in [0.2, 0.25) is 0 Å². The fourth-order valence-corrected chi connectivity index (χ4v) is 4.77. The molecule has 0 aliphatic rings. The third-order valence-corrected chi connectivity index (χ3v) is 5.88. The van der Waals surface area contributed by atoms with Crippen molar-refractivity contribution in [3.05, 3.63) is 83.4 Å². The maximum Gasteiger partial charge on any atom is -0.0120 e. The summed E-state index contributed by atoms with van der Waals surface area (Å²) in [7, 11) is 0. The molecule has 0 nitrogen and oxygen atoms in total. The zero-order valence-electron chi connectivity index (χ0n) is 18.9. The monoisotopic (exact) mass is 380 g/mol. The topological polar surface area (TPSA) is 0 Å². The Bertz CT molecular complexity index is 1200. The predicted octanol–water partition coefficient (Wildman–Crippen LogP) is 8.56. The van der Waals surface area contributed by atoms with E-state index in [0.29, 0.717) is 0 Å². The van der Waals surface area contributed by atoms with Gasteiger partial charge < -0.3 is 0 Å². The third kappa shape index (κ3) is 3.46. The molecule has 4 aromatic carbocycles. The first kappa shape index (κ1) is 19.7. The second kappa shape index (κ2) is 6.73. The van der Waals surface area contributed by atoms with Gasteiger partial charge in [-0.05, 0) is 67.6 Å². The van der Waals surface area contributed by atoms with E-state index in [1.165, 1.54) is 49.4 Å². The lowest BCUT2D eigenvalue weighted by Gasteiger charge is -2.30. The molecule has 0 N–H and O–H groups in total. The molecule has 0 heterocycles. The zero-order chi connectivity index (χ0) is 21.0. The van der Waals surface area contributed by atoms with Crippen LogP contribution in [0, 0.1) is 6.92 Å². The number of hydrogen-bond donors (Lipinski definition) is 0. The Kier molecular flexibility index (Phi) is 4.57. The summed E-state index contributed by atoms with van der Waals surface area (Å²) in [5, 5.41) is 5.58. The van der Waals surface area contributed by atoms with Crippen molar-refractivity contribution in [2.45, 2.75) is 59.3 Å². The molecule has 0 saturated carbocycles. The standard InChI is InChI=1S/C29H32/c1-19-13-15-22-24(17-19)26(28(2,3)4)23-16-14-21(20-11-9-8-10-12-20)18-25(23)27(22)29(5,6)7/h8-18H,1-7H3. The molecular weight excluding hydrogens is 348 g/mol. The van der Waals surface area contributed by atoms with Crippen LogP contribution in [0.15, 0.2) is 66.7 Å². The Labute approximate surface area is 175 Å². The van der Waals surface area contributed by atoms with Gasteiger partial charge in [-0.25, -0.2) is 0 Å². The number of rotatable bonds is 1. The van der Waals surface area contributed by atoms with Crippen LogP contribution in [0.2, 0.25) is 0 Å². The molecule has 148 valence electrons. The van der Waals surface area contributed by atoms with Crippen LogP contribution in [0.4, 0.5) is 0 Å². The Morgan fingerprint density at radius 1 is 0.483 bits per heavy atom. The Morgan fingerprint density at radius 3 is 1.55 bits per heavy atom. The Balaban J connectivity index is 2.23. The number of hydrogen-bond acceptors (Lipinski definition) is 0. The van der Waals surface area contributed by atoms with Gasteiger partial charge in [-0.3, -0.25) is 0 Å².